The Balaban J connectivity index is 1.72. The first-order valence-electron chi connectivity index (χ1n) is 6.70. The number of ether oxygens (including phenoxy) is 1. The van der Waals surface area contributed by atoms with Crippen LogP contribution in [0.4, 0.5) is 5.95 Å². The second-order valence-corrected chi connectivity index (χ2v) is 4.44. The number of carbonyl (C=O) groups is 1. The number of nitrogens with zero attached hydrogens (tertiary/aromatic N) is 3. The summed E-state index contributed by atoms with van der Waals surface area (Å²) in [6.45, 7) is 0.765. The van der Waals surface area contributed by atoms with Gasteiger partial charge < -0.3 is 10.1 Å². The summed E-state index contributed by atoms with van der Waals surface area (Å²) in [5, 5.41) is 11.3. The quantitative estimate of drug-likeness (QED) is 0.616. The largest absolute Gasteiger partial charge is 0.469 e. The van der Waals surface area contributed by atoms with E-state index in [0.29, 0.717) is 12.4 Å². The monoisotopic (exact) mass is 274 g/mol. The molecule has 20 heavy (non-hydrogen) atoms. The highest BCUT2D eigenvalue weighted by Gasteiger charge is 2.01. The zero-order chi connectivity index (χ0) is 14.2. The summed E-state index contributed by atoms with van der Waals surface area (Å²) in [4.78, 5) is 15.3. The first-order chi connectivity index (χ1) is 9.79. The number of carbonyl (C=O) groups excluding carboxylic acids is 1. The molecule has 1 aromatic carbocycles. The maximum Gasteiger partial charge on any atom is 0.305 e. The van der Waals surface area contributed by atoms with Gasteiger partial charge in [0.2, 0.25) is 5.95 Å². The lowest BCUT2D eigenvalue weighted by Crippen LogP contribution is -2.07. The van der Waals surface area contributed by atoms with E-state index in [1.54, 1.807) is 0 Å². The molecule has 0 aliphatic carbocycles. The predicted molar refractivity (Wildman–Crippen MR) is 76.3 cm³/mol. The molecule has 0 atom stereocenters. The maximum absolute atomic E-state index is 10.9. The Morgan fingerprint density at radius 1 is 1.15 bits per heavy atom. The topological polar surface area (TPSA) is 77.0 Å². The van der Waals surface area contributed by atoms with E-state index in [1.807, 2.05) is 24.3 Å². The van der Waals surface area contributed by atoms with E-state index >= 15 is 0 Å². The van der Waals surface area contributed by atoms with Crippen LogP contribution in [0.25, 0.3) is 11.0 Å². The molecule has 2 aromatic rings. The zero-order valence-corrected chi connectivity index (χ0v) is 11.5. The fourth-order valence-corrected chi connectivity index (χ4v) is 1.83. The molecule has 0 spiro atoms. The van der Waals surface area contributed by atoms with Crippen molar-refractivity contribution in [1.82, 2.24) is 15.2 Å². The van der Waals surface area contributed by atoms with Crippen molar-refractivity contribution in [2.75, 3.05) is 19.0 Å². The maximum atomic E-state index is 10.9. The van der Waals surface area contributed by atoms with Crippen LogP contribution in [0.15, 0.2) is 24.3 Å². The number of aromatic nitrogens is 3. The predicted octanol–water partition coefficient (Wildman–Crippen LogP) is 2.17. The van der Waals surface area contributed by atoms with E-state index in [1.165, 1.54) is 7.11 Å². The van der Waals surface area contributed by atoms with E-state index in [-0.39, 0.29) is 5.97 Å². The Labute approximate surface area is 117 Å². The van der Waals surface area contributed by atoms with Crippen LogP contribution in [0.2, 0.25) is 0 Å². The highest BCUT2D eigenvalue weighted by Crippen LogP contribution is 2.09. The van der Waals surface area contributed by atoms with Gasteiger partial charge in [0, 0.05) is 13.0 Å². The third-order valence-electron chi connectivity index (χ3n) is 2.93. The van der Waals surface area contributed by atoms with Crippen molar-refractivity contribution in [2.45, 2.75) is 25.7 Å². The lowest BCUT2D eigenvalue weighted by atomic mass is 10.2. The van der Waals surface area contributed by atoms with Gasteiger partial charge in [-0.25, -0.2) is 4.98 Å². The molecule has 0 unspecified atom stereocenters. The van der Waals surface area contributed by atoms with Crippen LogP contribution in [0.5, 0.6) is 0 Å². The smallest absolute Gasteiger partial charge is 0.305 e. The van der Waals surface area contributed by atoms with Crippen LogP contribution in [-0.4, -0.2) is 34.8 Å². The van der Waals surface area contributed by atoms with Crippen molar-refractivity contribution in [3.63, 3.8) is 0 Å². The molecule has 0 saturated carbocycles. The van der Waals surface area contributed by atoms with Gasteiger partial charge in [0.25, 0.3) is 0 Å². The molecule has 106 valence electrons. The number of unbranched alkanes of at least 4 members (excludes halogenated alkanes) is 2. The lowest BCUT2D eigenvalue weighted by Gasteiger charge is -2.04. The fourth-order valence-electron chi connectivity index (χ4n) is 1.83. The molecule has 0 amide bonds. The molecule has 1 aromatic heterocycles. The summed E-state index contributed by atoms with van der Waals surface area (Å²) in [5.74, 6) is 0.386. The number of methoxy groups -OCH3 is 1. The van der Waals surface area contributed by atoms with E-state index in [4.69, 9.17) is 0 Å². The van der Waals surface area contributed by atoms with E-state index in [0.717, 1.165) is 36.8 Å². The molecular formula is C14H18N4O2. The summed E-state index contributed by atoms with van der Waals surface area (Å²) in [6, 6.07) is 7.62. The number of para-hydroxylation sites is 1. The molecule has 2 rings (SSSR count). The normalized spacial score (nSPS) is 10.4. The summed E-state index contributed by atoms with van der Waals surface area (Å²) in [5.41, 5.74) is 1.62. The number of benzene rings is 1. The number of hydrogen-bond acceptors (Lipinski definition) is 6. The molecule has 6 nitrogen and oxygen atoms in total. The second kappa shape index (κ2) is 7.37. The Bertz CT molecular complexity index is 574. The zero-order valence-electron chi connectivity index (χ0n) is 11.5. The molecule has 0 aliphatic heterocycles. The summed E-state index contributed by atoms with van der Waals surface area (Å²) >= 11 is 0. The van der Waals surface area contributed by atoms with Gasteiger partial charge in [-0.15, -0.1) is 10.2 Å². The fraction of sp³-hybridized carbons (Fsp3) is 0.429. The van der Waals surface area contributed by atoms with Gasteiger partial charge in [-0.1, -0.05) is 18.6 Å². The van der Waals surface area contributed by atoms with Crippen LogP contribution in [-0.2, 0) is 9.53 Å². The van der Waals surface area contributed by atoms with Crippen molar-refractivity contribution < 1.29 is 9.53 Å². The van der Waals surface area contributed by atoms with Gasteiger partial charge in [-0.3, -0.25) is 4.79 Å². The van der Waals surface area contributed by atoms with Crippen LogP contribution in [0, 0.1) is 0 Å². The number of fused-ring (bicyclic) bond motifs is 1. The number of hydrogen-bond donors (Lipinski definition) is 1. The third-order valence-corrected chi connectivity index (χ3v) is 2.93. The molecule has 0 radical (unpaired) electrons. The van der Waals surface area contributed by atoms with Gasteiger partial charge in [-0.2, -0.15) is 0 Å². The van der Waals surface area contributed by atoms with Gasteiger partial charge >= 0.3 is 5.97 Å². The molecule has 0 aliphatic rings. The van der Waals surface area contributed by atoms with Crippen LogP contribution in [0.3, 0.4) is 0 Å². The minimum atomic E-state index is -0.153. The summed E-state index contributed by atoms with van der Waals surface area (Å²) in [6.07, 6.45) is 3.23. The second-order valence-electron chi connectivity index (χ2n) is 4.44. The first-order valence-corrected chi connectivity index (χ1v) is 6.70. The standard InChI is InChI=1S/C14H18N4O2/c1-20-13(19)9-3-2-6-10-15-14-16-11-7-4-5-8-12(11)17-18-14/h4-5,7-8H,2-3,6,9-10H2,1H3,(H,15,16,18). The molecule has 0 bridgehead atoms. The van der Waals surface area contributed by atoms with E-state index < -0.39 is 0 Å². The van der Waals surface area contributed by atoms with Crippen molar-refractivity contribution >= 4 is 23.0 Å². The highest BCUT2D eigenvalue weighted by molar-refractivity contribution is 5.74. The number of esters is 1. The molecule has 0 fully saturated rings. The van der Waals surface area contributed by atoms with Crippen molar-refractivity contribution in [1.29, 1.82) is 0 Å². The summed E-state index contributed by atoms with van der Waals surface area (Å²) < 4.78 is 4.58. The molecular weight excluding hydrogens is 256 g/mol. The molecule has 6 heteroatoms. The van der Waals surface area contributed by atoms with Gasteiger partial charge in [0.05, 0.1) is 12.6 Å². The third kappa shape index (κ3) is 4.15. The van der Waals surface area contributed by atoms with E-state index in [2.05, 4.69) is 25.2 Å². The average Bonchev–Trinajstić information content (AvgIpc) is 2.50. The first kappa shape index (κ1) is 14.2. The lowest BCUT2D eigenvalue weighted by molar-refractivity contribution is -0.140. The van der Waals surface area contributed by atoms with Crippen molar-refractivity contribution in [3.05, 3.63) is 24.3 Å². The number of nitrogens with one attached hydrogen (secondary N) is 1. The van der Waals surface area contributed by atoms with E-state index in [9.17, 15) is 4.79 Å². The molecule has 1 N–H and O–H groups in total. The Morgan fingerprint density at radius 3 is 2.75 bits per heavy atom. The van der Waals surface area contributed by atoms with Gasteiger partial charge in [0.15, 0.2) is 0 Å². The van der Waals surface area contributed by atoms with Crippen LogP contribution in [0.1, 0.15) is 25.7 Å². The highest BCUT2D eigenvalue weighted by atomic mass is 16.5. The van der Waals surface area contributed by atoms with Crippen molar-refractivity contribution in [2.24, 2.45) is 0 Å². The van der Waals surface area contributed by atoms with Gasteiger partial charge in [0.1, 0.15) is 5.52 Å². The van der Waals surface area contributed by atoms with Crippen LogP contribution < -0.4 is 5.32 Å². The molecule has 1 heterocycles. The minimum Gasteiger partial charge on any atom is -0.469 e. The number of rotatable bonds is 7. The Kier molecular flexibility index (Phi) is 5.23. The molecule has 0 saturated heterocycles. The van der Waals surface area contributed by atoms with Crippen molar-refractivity contribution in [3.8, 4) is 0 Å². The summed E-state index contributed by atoms with van der Waals surface area (Å²) in [7, 11) is 1.41. The average molecular weight is 274 g/mol. The minimum absolute atomic E-state index is 0.153. The Morgan fingerprint density at radius 2 is 1.95 bits per heavy atom. The van der Waals surface area contributed by atoms with Crippen LogP contribution >= 0.6 is 0 Å². The number of anilines is 1. The SMILES string of the molecule is COC(=O)CCCCCNc1nnc2ccccc2n1. The van der Waals surface area contributed by atoms with Gasteiger partial charge in [-0.05, 0) is 25.0 Å². The Hall–Kier alpha value is -2.24.